The van der Waals surface area contributed by atoms with Gasteiger partial charge in [-0.3, -0.25) is 0 Å². The zero-order valence-electron chi connectivity index (χ0n) is 7.41. The van der Waals surface area contributed by atoms with Crippen molar-refractivity contribution >= 4 is 95.6 Å². The summed E-state index contributed by atoms with van der Waals surface area (Å²) in [6.07, 6.45) is 2.50. The van der Waals surface area contributed by atoms with Gasteiger partial charge in [0.05, 0.1) is 0 Å². The summed E-state index contributed by atoms with van der Waals surface area (Å²) < 4.78 is 0. The van der Waals surface area contributed by atoms with Crippen LogP contribution in [0.15, 0.2) is 0 Å². The summed E-state index contributed by atoms with van der Waals surface area (Å²) in [4.78, 5) is 0. The average Bonchev–Trinajstić information content (AvgIpc) is 1.39. The topological polar surface area (TPSA) is 0 Å². The molecule has 0 rings (SSSR count). The molecule has 120 valence electrons. The van der Waals surface area contributed by atoms with Crippen molar-refractivity contribution in [1.29, 1.82) is 0 Å². The molecule has 0 aliphatic carbocycles. The van der Waals surface area contributed by atoms with Crippen molar-refractivity contribution in [3.8, 4) is 0 Å². The third-order valence-corrected chi connectivity index (χ3v) is 0. The van der Waals surface area contributed by atoms with Crippen molar-refractivity contribution in [2.45, 2.75) is 99.9 Å². The summed E-state index contributed by atoms with van der Waals surface area (Å²) in [5.41, 5.74) is 0. The first-order valence-corrected chi connectivity index (χ1v) is 2.83. The van der Waals surface area contributed by atoms with E-state index in [1.165, 1.54) is 12.8 Å². The van der Waals surface area contributed by atoms with E-state index in [0.29, 0.717) is 0 Å². The monoisotopic (exact) mass is 696 g/mol. The molecule has 0 aromatic rings. The molecule has 0 amide bonds. The van der Waals surface area contributed by atoms with Crippen molar-refractivity contribution < 1.29 is 0 Å². The molecule has 0 saturated carbocycles. The molecule has 0 fully saturated rings. The zero-order valence-corrected chi connectivity index (χ0v) is 18.8. The van der Waals surface area contributed by atoms with Gasteiger partial charge in [-0.05, 0) is 0 Å². The Hall–Kier alpha value is 3.19. The maximum Gasteiger partial charge on any atom is 0 e. The van der Waals surface area contributed by atoms with Crippen molar-refractivity contribution in [2.75, 3.05) is 0 Å². The number of hydrogen-bond donors (Lipinski definition) is 0. The van der Waals surface area contributed by atoms with E-state index in [4.69, 9.17) is 0 Å². The third kappa shape index (κ3) is 623. The molecule has 0 nitrogen and oxygen atoms in total. The molecule has 4 heteroatoms. The van der Waals surface area contributed by atoms with Crippen LogP contribution >= 0.6 is 0 Å². The van der Waals surface area contributed by atoms with Crippen LogP contribution in [0.3, 0.4) is 0 Å². The maximum atomic E-state index is 2.12. The molecule has 18 heavy (non-hydrogen) atoms. The van der Waals surface area contributed by atoms with E-state index >= 15 is 0 Å². The Bertz CT molecular complexity index is 15.8. The van der Waals surface area contributed by atoms with Crippen molar-refractivity contribution in [2.24, 2.45) is 0 Å². The summed E-state index contributed by atoms with van der Waals surface area (Å²) in [5.74, 6) is 0. The van der Waals surface area contributed by atoms with Gasteiger partial charge in [-0.15, -0.1) is 0 Å². The van der Waals surface area contributed by atoms with Gasteiger partial charge in [0, 0.05) is 95.6 Å². The molecule has 0 saturated heterocycles. The predicted octanol–water partition coefficient (Wildman–Crippen LogP) is 6.40. The summed E-state index contributed by atoms with van der Waals surface area (Å²) in [7, 11) is 0. The first-order valence-electron chi connectivity index (χ1n) is 2.83. The standard InChI is InChI=1S/2C3H8.8CH4.4Sn/c2*1-3-2;;;;;;;;;;;;/h2*3H2,1-2H3;8*1H4;;;;. The summed E-state index contributed by atoms with van der Waals surface area (Å²) in [6.45, 7) is 8.50. The van der Waals surface area contributed by atoms with Gasteiger partial charge in [-0.2, -0.15) is 0 Å². The molecule has 0 N–H and O–H groups in total. The Morgan fingerprint density at radius 2 is 0.333 bits per heavy atom. The normalized spacial score (nSPS) is 2.00. The van der Waals surface area contributed by atoms with Crippen molar-refractivity contribution in [3.05, 3.63) is 0 Å². The van der Waals surface area contributed by atoms with E-state index in [-0.39, 0.29) is 155 Å². The SMILES string of the molecule is C.C.C.C.C.C.C.C.CCC.CCC.[Sn].[Sn].[Sn].[Sn]. The largest absolute Gasteiger partial charge is 0.0776 e. The average molecular weight is 691 g/mol. The van der Waals surface area contributed by atoms with Crippen LogP contribution in [0.1, 0.15) is 99.9 Å². The second-order valence-electron chi connectivity index (χ2n) is 1.41. The minimum Gasteiger partial charge on any atom is -0.0776 e. The predicted molar refractivity (Wildman–Crippen MR) is 109 cm³/mol. The van der Waals surface area contributed by atoms with Gasteiger partial charge in [-0.25, -0.2) is 0 Å². The molecule has 0 bridgehead atoms. The second-order valence-corrected chi connectivity index (χ2v) is 1.41. The van der Waals surface area contributed by atoms with E-state index in [2.05, 4.69) is 27.7 Å². The minimum atomic E-state index is 0. The van der Waals surface area contributed by atoms with Crippen LogP contribution in [0.4, 0.5) is 0 Å². The Balaban J connectivity index is -0.000000000889. The number of hydrogen-bond acceptors (Lipinski definition) is 0. The van der Waals surface area contributed by atoms with Crippen LogP contribution < -0.4 is 0 Å². The second kappa shape index (κ2) is 276. The van der Waals surface area contributed by atoms with E-state index in [9.17, 15) is 0 Å². The quantitative estimate of drug-likeness (QED) is 0.258. The fourth-order valence-electron chi connectivity index (χ4n) is 0. The molecule has 0 aromatic carbocycles. The fourth-order valence-corrected chi connectivity index (χ4v) is 0. The van der Waals surface area contributed by atoms with Crippen molar-refractivity contribution in [3.63, 3.8) is 0 Å². The minimum absolute atomic E-state index is 0. The summed E-state index contributed by atoms with van der Waals surface area (Å²) >= 11 is 0. The molecule has 0 unspecified atom stereocenters. The van der Waals surface area contributed by atoms with Gasteiger partial charge in [0.2, 0.25) is 0 Å². The zero-order chi connectivity index (χ0) is 5.41. The first-order chi connectivity index (χ1) is 2.83. The van der Waals surface area contributed by atoms with Gasteiger partial charge >= 0.3 is 0 Å². The molecule has 16 radical (unpaired) electrons. The summed E-state index contributed by atoms with van der Waals surface area (Å²) in [6, 6.07) is 0. The van der Waals surface area contributed by atoms with Crippen LogP contribution in [-0.2, 0) is 0 Å². The molecule has 0 spiro atoms. The Labute approximate surface area is 193 Å². The molecule has 0 atom stereocenters. The van der Waals surface area contributed by atoms with E-state index in [1.54, 1.807) is 0 Å². The van der Waals surface area contributed by atoms with E-state index in [1.807, 2.05) is 0 Å². The smallest absolute Gasteiger partial charge is 0 e. The van der Waals surface area contributed by atoms with Crippen LogP contribution in [0.25, 0.3) is 0 Å². The van der Waals surface area contributed by atoms with Crippen LogP contribution in [0, 0.1) is 0 Å². The van der Waals surface area contributed by atoms with Gasteiger partial charge in [0.15, 0.2) is 0 Å². The first kappa shape index (κ1) is 167. The van der Waals surface area contributed by atoms with Crippen molar-refractivity contribution in [1.82, 2.24) is 0 Å². The van der Waals surface area contributed by atoms with Gasteiger partial charge in [0.1, 0.15) is 0 Å². The van der Waals surface area contributed by atoms with E-state index < -0.39 is 0 Å². The van der Waals surface area contributed by atoms with Crippen LogP contribution in [0.2, 0.25) is 0 Å². The molecule has 0 aliphatic rings. The molecule has 0 heterocycles. The van der Waals surface area contributed by atoms with Gasteiger partial charge in [0.25, 0.3) is 0 Å². The fraction of sp³-hybridized carbons (Fsp3) is 1.00. The van der Waals surface area contributed by atoms with Gasteiger partial charge in [-0.1, -0.05) is 99.9 Å². The Morgan fingerprint density at radius 1 is 0.333 bits per heavy atom. The van der Waals surface area contributed by atoms with Gasteiger partial charge < -0.3 is 0 Å². The molecule has 0 aliphatic heterocycles. The van der Waals surface area contributed by atoms with E-state index in [0.717, 1.165) is 0 Å². The molecular weight excluding hydrogens is 643 g/mol. The third-order valence-electron chi connectivity index (χ3n) is 0. The number of rotatable bonds is 0. The molecule has 0 aromatic heterocycles. The maximum absolute atomic E-state index is 2.12. The summed E-state index contributed by atoms with van der Waals surface area (Å²) in [5, 5.41) is 0. The van der Waals surface area contributed by atoms with Crippen LogP contribution in [0.5, 0.6) is 0 Å². The Kier molecular flexibility index (Phi) is 2560. The Morgan fingerprint density at radius 3 is 0.333 bits per heavy atom. The molecular formula is C14H48Sn4. The van der Waals surface area contributed by atoms with Crippen LogP contribution in [-0.4, -0.2) is 95.6 Å².